The van der Waals surface area contributed by atoms with Gasteiger partial charge in [0, 0.05) is 6.42 Å². The van der Waals surface area contributed by atoms with E-state index in [1.807, 2.05) is 6.92 Å². The lowest BCUT2D eigenvalue weighted by Gasteiger charge is -2.45. The van der Waals surface area contributed by atoms with E-state index in [0.29, 0.717) is 0 Å². The van der Waals surface area contributed by atoms with Crippen molar-refractivity contribution in [1.82, 2.24) is 0 Å². The van der Waals surface area contributed by atoms with Gasteiger partial charge in [0.05, 0.1) is 6.61 Å². The summed E-state index contributed by atoms with van der Waals surface area (Å²) in [6, 6.07) is 0. The first-order valence-electron chi connectivity index (χ1n) is 7.30. The summed E-state index contributed by atoms with van der Waals surface area (Å²) in [5, 5.41) is 0. The molecule has 0 spiro atoms. The molecule has 0 aromatic rings. The Hall–Kier alpha value is -1.74. The Morgan fingerprint density at radius 1 is 1.33 bits per heavy atom. The number of carbonyl (C=O) groups is 2. The number of hydrogen-bond donors (Lipinski definition) is 0. The highest BCUT2D eigenvalue weighted by Crippen LogP contribution is 2.51. The minimum atomic E-state index is -0.880. The van der Waals surface area contributed by atoms with Gasteiger partial charge >= 0.3 is 11.7 Å². The molecule has 0 heterocycles. The number of Topliss-reactive ketones (excluding diaryl/α,β-unsaturated/α-hetero) is 1. The zero-order valence-corrected chi connectivity index (χ0v) is 13.4. The van der Waals surface area contributed by atoms with Gasteiger partial charge in [0.25, 0.3) is 5.78 Å². The van der Waals surface area contributed by atoms with Gasteiger partial charge in [-0.05, 0) is 30.6 Å². The number of esters is 1. The van der Waals surface area contributed by atoms with Crippen molar-refractivity contribution in [2.24, 2.45) is 10.8 Å². The predicted octanol–water partition coefficient (Wildman–Crippen LogP) is 2.95. The highest BCUT2D eigenvalue weighted by Gasteiger charge is 2.44. The summed E-state index contributed by atoms with van der Waals surface area (Å²) in [6.07, 6.45) is 2.98. The molecule has 1 aliphatic rings. The van der Waals surface area contributed by atoms with Crippen LogP contribution in [-0.2, 0) is 14.3 Å². The summed E-state index contributed by atoms with van der Waals surface area (Å²) in [5.41, 5.74) is 8.97. The Labute approximate surface area is 126 Å². The van der Waals surface area contributed by atoms with Gasteiger partial charge in [0.1, 0.15) is 0 Å². The van der Waals surface area contributed by atoms with Crippen molar-refractivity contribution in [3.8, 4) is 0 Å². The van der Waals surface area contributed by atoms with Crippen molar-refractivity contribution < 1.29 is 19.1 Å². The zero-order valence-electron chi connectivity index (χ0n) is 13.4. The Morgan fingerprint density at radius 2 is 1.95 bits per heavy atom. The van der Waals surface area contributed by atoms with Crippen LogP contribution in [0.4, 0.5) is 0 Å². The van der Waals surface area contributed by atoms with E-state index in [-0.39, 0.29) is 23.9 Å². The quantitative estimate of drug-likeness (QED) is 0.195. The Morgan fingerprint density at radius 3 is 2.48 bits per heavy atom. The summed E-state index contributed by atoms with van der Waals surface area (Å²) in [6.45, 7) is 12.1. The van der Waals surface area contributed by atoms with Gasteiger partial charge in [-0.3, -0.25) is 4.79 Å². The fourth-order valence-corrected chi connectivity index (χ4v) is 3.08. The third kappa shape index (κ3) is 3.67. The molecule has 21 heavy (non-hydrogen) atoms. The van der Waals surface area contributed by atoms with Crippen molar-refractivity contribution in [1.29, 1.82) is 0 Å². The molecule has 0 aliphatic heterocycles. The molecule has 1 atom stereocenters. The largest absolute Gasteiger partial charge is 0.457 e. The molecular weight excluding hydrogens is 268 g/mol. The second-order valence-corrected chi connectivity index (χ2v) is 6.55. The van der Waals surface area contributed by atoms with E-state index in [4.69, 9.17) is 10.3 Å². The van der Waals surface area contributed by atoms with Gasteiger partial charge in [-0.2, -0.15) is 4.79 Å². The molecule has 0 unspecified atom stereocenters. The number of ketones is 1. The maximum Gasteiger partial charge on any atom is 0.441 e. The minimum Gasteiger partial charge on any atom is -0.457 e. The number of nitrogens with zero attached hydrogens (tertiary/aromatic N) is 2. The number of hydrogen-bond acceptors (Lipinski definition) is 3. The molecule has 116 valence electrons. The van der Waals surface area contributed by atoms with Crippen LogP contribution in [0.3, 0.4) is 0 Å². The summed E-state index contributed by atoms with van der Waals surface area (Å²) in [5.74, 6) is -1.38. The van der Waals surface area contributed by atoms with Crippen LogP contribution in [0.2, 0.25) is 0 Å². The molecule has 0 saturated heterocycles. The van der Waals surface area contributed by atoms with E-state index < -0.39 is 17.5 Å². The monoisotopic (exact) mass is 292 g/mol. The molecule has 0 bridgehead atoms. The fraction of sp³-hybridized carbons (Fsp3) is 0.688. The SMILES string of the molecule is C=C1C(C)(C)CCC[C@]1(C)CC(=O)C(=[N+]=[N-])C(=O)OCC. The topological polar surface area (TPSA) is 79.8 Å². The third-order valence-electron chi connectivity index (χ3n) is 4.46. The molecule has 0 aromatic heterocycles. The molecular formula is C16H24N2O3. The number of allylic oxidation sites excluding steroid dienone is 1. The lowest BCUT2D eigenvalue weighted by molar-refractivity contribution is -0.142. The maximum atomic E-state index is 12.3. The van der Waals surface area contributed by atoms with Gasteiger partial charge in [-0.25, -0.2) is 4.79 Å². The van der Waals surface area contributed by atoms with Crippen LogP contribution in [0.1, 0.15) is 53.4 Å². The second kappa shape index (κ2) is 6.35. The molecule has 5 nitrogen and oxygen atoms in total. The fourth-order valence-electron chi connectivity index (χ4n) is 3.08. The van der Waals surface area contributed by atoms with Crippen molar-refractivity contribution >= 4 is 17.5 Å². The normalized spacial score (nSPS) is 24.1. The van der Waals surface area contributed by atoms with E-state index in [1.165, 1.54) is 0 Å². The number of rotatable bonds is 5. The predicted molar refractivity (Wildman–Crippen MR) is 79.8 cm³/mol. The van der Waals surface area contributed by atoms with E-state index in [1.54, 1.807) is 6.92 Å². The molecule has 0 radical (unpaired) electrons. The molecule has 0 aromatic carbocycles. The smallest absolute Gasteiger partial charge is 0.441 e. The van der Waals surface area contributed by atoms with E-state index in [2.05, 4.69) is 25.2 Å². The van der Waals surface area contributed by atoms with Crippen LogP contribution in [0.25, 0.3) is 5.53 Å². The van der Waals surface area contributed by atoms with Crippen LogP contribution < -0.4 is 0 Å². The molecule has 0 N–H and O–H groups in total. The summed E-state index contributed by atoms with van der Waals surface area (Å²) in [7, 11) is 0. The summed E-state index contributed by atoms with van der Waals surface area (Å²) >= 11 is 0. The van der Waals surface area contributed by atoms with Gasteiger partial charge in [0.2, 0.25) is 0 Å². The summed E-state index contributed by atoms with van der Waals surface area (Å²) < 4.78 is 4.73. The van der Waals surface area contributed by atoms with Crippen LogP contribution in [0.5, 0.6) is 0 Å². The Balaban J connectivity index is 2.93. The molecule has 1 rings (SSSR count). The molecule has 1 aliphatic carbocycles. The number of ether oxygens (including phenoxy) is 1. The molecule has 5 heteroatoms. The standard InChI is InChI=1S/C16H24N2O3/c1-6-21-14(20)13(18-17)12(19)10-16(5)9-7-8-15(3,4)11(16)2/h2,6-10H2,1,3-5H3/t16-/m1/s1. The van der Waals surface area contributed by atoms with Gasteiger partial charge < -0.3 is 10.3 Å². The first kappa shape index (κ1) is 17.3. The van der Waals surface area contributed by atoms with Crippen LogP contribution in [0, 0.1) is 10.8 Å². The van der Waals surface area contributed by atoms with Crippen molar-refractivity contribution in [2.75, 3.05) is 6.61 Å². The Bertz CT molecular complexity index is 516. The van der Waals surface area contributed by atoms with Crippen LogP contribution in [-0.4, -0.2) is 28.9 Å². The molecule has 0 amide bonds. The summed E-state index contributed by atoms with van der Waals surface area (Å²) in [4.78, 5) is 26.7. The second-order valence-electron chi connectivity index (χ2n) is 6.55. The first-order valence-corrected chi connectivity index (χ1v) is 7.30. The van der Waals surface area contributed by atoms with E-state index in [0.717, 1.165) is 24.8 Å². The average molecular weight is 292 g/mol. The highest BCUT2D eigenvalue weighted by atomic mass is 16.5. The van der Waals surface area contributed by atoms with E-state index in [9.17, 15) is 9.59 Å². The van der Waals surface area contributed by atoms with Gasteiger partial charge in [-0.15, -0.1) is 0 Å². The third-order valence-corrected chi connectivity index (χ3v) is 4.46. The Kier molecular flexibility index (Phi) is 5.24. The maximum absolute atomic E-state index is 12.3. The average Bonchev–Trinajstić information content (AvgIpc) is 2.37. The lowest BCUT2D eigenvalue weighted by Crippen LogP contribution is -2.38. The highest BCUT2D eigenvalue weighted by molar-refractivity contribution is 6.62. The molecule has 1 fully saturated rings. The zero-order chi connectivity index (χ0) is 16.3. The minimum absolute atomic E-state index is 0.0340. The van der Waals surface area contributed by atoms with Crippen molar-refractivity contribution in [3.05, 3.63) is 17.7 Å². The van der Waals surface area contributed by atoms with E-state index >= 15 is 0 Å². The van der Waals surface area contributed by atoms with Crippen molar-refractivity contribution in [2.45, 2.75) is 53.4 Å². The molecule has 1 saturated carbocycles. The van der Waals surface area contributed by atoms with Gasteiger partial charge in [-0.1, -0.05) is 39.3 Å². The van der Waals surface area contributed by atoms with Crippen molar-refractivity contribution in [3.63, 3.8) is 0 Å². The van der Waals surface area contributed by atoms with Crippen LogP contribution >= 0.6 is 0 Å². The number of carbonyl (C=O) groups excluding carboxylic acids is 2. The van der Waals surface area contributed by atoms with Gasteiger partial charge in [0.15, 0.2) is 0 Å². The first-order chi connectivity index (χ1) is 9.68. The lowest BCUT2D eigenvalue weighted by atomic mass is 9.59. The van der Waals surface area contributed by atoms with Crippen LogP contribution in [0.15, 0.2) is 12.2 Å².